The van der Waals surface area contributed by atoms with E-state index in [-0.39, 0.29) is 23.8 Å². The first kappa shape index (κ1) is 11.0. The summed E-state index contributed by atoms with van der Waals surface area (Å²) in [6.45, 7) is 2.63. The van der Waals surface area contributed by atoms with Gasteiger partial charge in [0.05, 0.1) is 12.5 Å². The van der Waals surface area contributed by atoms with Gasteiger partial charge in [-0.1, -0.05) is 0 Å². The number of rotatable bonds is 4. The Balaban J connectivity index is 2.74. The first-order valence-electron chi connectivity index (χ1n) is 4.45. The minimum atomic E-state index is -0.369. The fourth-order valence-electron chi connectivity index (χ4n) is 1.08. The van der Waals surface area contributed by atoms with E-state index < -0.39 is 0 Å². The quantitative estimate of drug-likeness (QED) is 0.749. The van der Waals surface area contributed by atoms with E-state index >= 15 is 0 Å². The number of hydrogen-bond acceptors (Lipinski definition) is 6. The van der Waals surface area contributed by atoms with Gasteiger partial charge in [-0.05, 0) is 17.2 Å². The molecule has 0 aliphatic rings. The standard InChI is InChI=1S/C8H11N5O2/c1-2-13(5-3-4-9)8(14)6-7(10)12-15-11-6/h2-3,5H2,1H3,(H2,10,12). The fourth-order valence-corrected chi connectivity index (χ4v) is 1.08. The van der Waals surface area contributed by atoms with E-state index in [2.05, 4.69) is 14.9 Å². The van der Waals surface area contributed by atoms with E-state index in [1.165, 1.54) is 4.90 Å². The minimum absolute atomic E-state index is 0.00482. The average Bonchev–Trinajstić information content (AvgIpc) is 2.65. The molecule has 2 N–H and O–H groups in total. The average molecular weight is 209 g/mol. The predicted octanol–water partition coefficient (Wildman–Crippen LogP) is 0.0276. The lowest BCUT2D eigenvalue weighted by Gasteiger charge is -2.17. The molecule has 7 heteroatoms. The van der Waals surface area contributed by atoms with Gasteiger partial charge < -0.3 is 10.6 Å². The topological polar surface area (TPSA) is 109 Å². The van der Waals surface area contributed by atoms with Gasteiger partial charge in [-0.15, -0.1) is 0 Å². The molecule has 0 atom stereocenters. The van der Waals surface area contributed by atoms with Crippen LogP contribution in [0.4, 0.5) is 5.82 Å². The number of aromatic nitrogens is 2. The van der Waals surface area contributed by atoms with Crippen molar-refractivity contribution in [3.8, 4) is 6.07 Å². The van der Waals surface area contributed by atoms with Crippen LogP contribution in [-0.4, -0.2) is 34.2 Å². The van der Waals surface area contributed by atoms with E-state index in [0.29, 0.717) is 13.1 Å². The third-order valence-corrected chi connectivity index (χ3v) is 1.88. The Morgan fingerprint density at radius 1 is 1.67 bits per heavy atom. The first-order chi connectivity index (χ1) is 7.20. The molecule has 0 aliphatic carbocycles. The van der Waals surface area contributed by atoms with Crippen molar-refractivity contribution in [2.75, 3.05) is 18.8 Å². The van der Waals surface area contributed by atoms with Gasteiger partial charge in [-0.25, -0.2) is 4.63 Å². The van der Waals surface area contributed by atoms with Gasteiger partial charge in [0.2, 0.25) is 11.5 Å². The number of carbonyl (C=O) groups is 1. The molecule has 0 saturated carbocycles. The zero-order chi connectivity index (χ0) is 11.3. The lowest BCUT2D eigenvalue weighted by Crippen LogP contribution is -2.32. The molecule has 7 nitrogen and oxygen atoms in total. The zero-order valence-corrected chi connectivity index (χ0v) is 8.30. The van der Waals surface area contributed by atoms with Gasteiger partial charge in [0.25, 0.3) is 5.91 Å². The van der Waals surface area contributed by atoms with Crippen LogP contribution in [0.25, 0.3) is 0 Å². The molecule has 0 spiro atoms. The highest BCUT2D eigenvalue weighted by atomic mass is 16.6. The molecular formula is C8H11N5O2. The fraction of sp³-hybridized carbons (Fsp3) is 0.500. The third-order valence-electron chi connectivity index (χ3n) is 1.88. The molecule has 1 heterocycles. The number of anilines is 1. The second-order valence-corrected chi connectivity index (χ2v) is 2.79. The number of nitrogens with zero attached hydrogens (tertiary/aromatic N) is 4. The molecule has 0 saturated heterocycles. The molecule has 0 aliphatic heterocycles. The highest BCUT2D eigenvalue weighted by Crippen LogP contribution is 2.08. The SMILES string of the molecule is CCN(CCC#N)C(=O)c1nonc1N. The van der Waals surface area contributed by atoms with Gasteiger partial charge in [-0.2, -0.15) is 5.26 Å². The van der Waals surface area contributed by atoms with Crippen molar-refractivity contribution in [3.63, 3.8) is 0 Å². The van der Waals surface area contributed by atoms with E-state index in [4.69, 9.17) is 11.0 Å². The Hall–Kier alpha value is -2.10. The van der Waals surface area contributed by atoms with Crippen LogP contribution in [0.3, 0.4) is 0 Å². The number of nitrogen functional groups attached to an aromatic ring is 1. The Labute approximate surface area is 86.4 Å². The molecule has 0 bridgehead atoms. The summed E-state index contributed by atoms with van der Waals surface area (Å²) in [6.07, 6.45) is 0.269. The van der Waals surface area contributed by atoms with Crippen LogP contribution < -0.4 is 5.73 Å². The molecule has 1 amide bonds. The maximum Gasteiger partial charge on any atom is 0.280 e. The van der Waals surface area contributed by atoms with Gasteiger partial charge in [0.1, 0.15) is 0 Å². The largest absolute Gasteiger partial charge is 0.379 e. The van der Waals surface area contributed by atoms with Crippen LogP contribution in [0.5, 0.6) is 0 Å². The normalized spacial score (nSPS) is 9.60. The third kappa shape index (κ3) is 2.43. The minimum Gasteiger partial charge on any atom is -0.379 e. The maximum absolute atomic E-state index is 11.7. The number of hydrogen-bond donors (Lipinski definition) is 1. The number of amides is 1. The summed E-state index contributed by atoms with van der Waals surface area (Å²) >= 11 is 0. The Morgan fingerprint density at radius 3 is 2.87 bits per heavy atom. The molecule has 0 radical (unpaired) electrons. The van der Waals surface area contributed by atoms with Gasteiger partial charge in [0.15, 0.2) is 0 Å². The zero-order valence-electron chi connectivity index (χ0n) is 8.30. The monoisotopic (exact) mass is 209 g/mol. The summed E-state index contributed by atoms with van der Waals surface area (Å²) in [7, 11) is 0. The highest BCUT2D eigenvalue weighted by molar-refractivity contribution is 5.96. The van der Waals surface area contributed by atoms with Crippen molar-refractivity contribution in [2.24, 2.45) is 0 Å². The molecular weight excluding hydrogens is 198 g/mol. The van der Waals surface area contributed by atoms with E-state index in [1.807, 2.05) is 6.07 Å². The van der Waals surface area contributed by atoms with Crippen molar-refractivity contribution < 1.29 is 9.42 Å². The summed E-state index contributed by atoms with van der Waals surface area (Å²) < 4.78 is 4.33. The van der Waals surface area contributed by atoms with Crippen LogP contribution in [0, 0.1) is 11.3 Å². The Kier molecular flexibility index (Phi) is 3.62. The summed E-state index contributed by atoms with van der Waals surface area (Å²) in [5, 5.41) is 15.1. The van der Waals surface area contributed by atoms with Crippen molar-refractivity contribution in [1.82, 2.24) is 15.2 Å². The van der Waals surface area contributed by atoms with Crippen LogP contribution in [0.2, 0.25) is 0 Å². The van der Waals surface area contributed by atoms with E-state index in [0.717, 1.165) is 0 Å². The maximum atomic E-state index is 11.7. The number of nitriles is 1. The lowest BCUT2D eigenvalue weighted by molar-refractivity contribution is 0.0757. The number of nitrogens with two attached hydrogens (primary N) is 1. The molecule has 1 aromatic rings. The van der Waals surface area contributed by atoms with Gasteiger partial charge in [0, 0.05) is 13.1 Å². The van der Waals surface area contributed by atoms with Crippen molar-refractivity contribution in [2.45, 2.75) is 13.3 Å². The summed E-state index contributed by atoms with van der Waals surface area (Å²) in [4.78, 5) is 13.2. The number of carbonyl (C=O) groups excluding carboxylic acids is 1. The van der Waals surface area contributed by atoms with Crippen LogP contribution in [0.1, 0.15) is 23.8 Å². The Bertz CT molecular complexity index is 381. The second-order valence-electron chi connectivity index (χ2n) is 2.79. The first-order valence-corrected chi connectivity index (χ1v) is 4.45. The summed E-state index contributed by atoms with van der Waals surface area (Å²) in [5.41, 5.74) is 5.38. The second kappa shape index (κ2) is 4.95. The molecule has 0 unspecified atom stereocenters. The summed E-state index contributed by atoms with van der Waals surface area (Å²) in [6, 6.07) is 1.96. The highest BCUT2D eigenvalue weighted by Gasteiger charge is 2.21. The Morgan fingerprint density at radius 2 is 2.40 bits per heavy atom. The molecule has 1 rings (SSSR count). The van der Waals surface area contributed by atoms with Crippen molar-refractivity contribution in [3.05, 3.63) is 5.69 Å². The summed E-state index contributed by atoms with van der Waals surface area (Å²) in [5.74, 6) is -0.401. The van der Waals surface area contributed by atoms with Crippen molar-refractivity contribution >= 4 is 11.7 Å². The van der Waals surface area contributed by atoms with E-state index in [1.54, 1.807) is 6.92 Å². The lowest BCUT2D eigenvalue weighted by atomic mass is 10.3. The molecule has 80 valence electrons. The molecule has 0 fully saturated rings. The molecule has 0 aromatic carbocycles. The van der Waals surface area contributed by atoms with Gasteiger partial charge in [-0.3, -0.25) is 4.79 Å². The van der Waals surface area contributed by atoms with Crippen molar-refractivity contribution in [1.29, 1.82) is 5.26 Å². The van der Waals surface area contributed by atoms with Crippen LogP contribution in [0.15, 0.2) is 4.63 Å². The smallest absolute Gasteiger partial charge is 0.280 e. The predicted molar refractivity (Wildman–Crippen MR) is 50.5 cm³/mol. The van der Waals surface area contributed by atoms with Gasteiger partial charge >= 0.3 is 0 Å². The van der Waals surface area contributed by atoms with Crippen LogP contribution >= 0.6 is 0 Å². The molecule has 1 aromatic heterocycles. The van der Waals surface area contributed by atoms with Crippen LogP contribution in [-0.2, 0) is 0 Å². The molecule has 15 heavy (non-hydrogen) atoms. The van der Waals surface area contributed by atoms with E-state index in [9.17, 15) is 4.79 Å².